The van der Waals surface area contributed by atoms with Gasteiger partial charge in [0.25, 0.3) is 5.91 Å². The maximum Gasteiger partial charge on any atom is 0.416 e. The minimum absolute atomic E-state index is 0.171. The molecule has 0 fully saturated rings. The number of rotatable bonds is 6. The number of benzene rings is 2. The molecule has 2 aromatic carbocycles. The summed E-state index contributed by atoms with van der Waals surface area (Å²) in [7, 11) is 0. The molecule has 0 aliphatic heterocycles. The normalized spacial score (nSPS) is 11.1. The summed E-state index contributed by atoms with van der Waals surface area (Å²) in [5, 5.41) is 2.62. The van der Waals surface area contributed by atoms with E-state index in [0.717, 1.165) is 23.3 Å². The summed E-state index contributed by atoms with van der Waals surface area (Å²) in [6.07, 6.45) is -4.82. The van der Waals surface area contributed by atoms with Gasteiger partial charge in [0.15, 0.2) is 6.61 Å². The van der Waals surface area contributed by atoms with Gasteiger partial charge in [-0.1, -0.05) is 42.5 Å². The van der Waals surface area contributed by atoms with Crippen LogP contribution in [0.2, 0.25) is 0 Å². The molecule has 0 aliphatic rings. The maximum absolute atomic E-state index is 12.6. The fourth-order valence-electron chi connectivity index (χ4n) is 2.27. The number of halogens is 3. The molecule has 138 valence electrons. The Morgan fingerprint density at radius 3 is 2.50 bits per heavy atom. The molecule has 0 heterocycles. The van der Waals surface area contributed by atoms with Gasteiger partial charge in [0.05, 0.1) is 12.0 Å². The molecule has 0 unspecified atom stereocenters. The first-order valence-electron chi connectivity index (χ1n) is 7.88. The third kappa shape index (κ3) is 5.91. The van der Waals surface area contributed by atoms with Crippen LogP contribution in [0.1, 0.15) is 22.3 Å². The van der Waals surface area contributed by atoms with Gasteiger partial charge in [-0.15, -0.1) is 0 Å². The van der Waals surface area contributed by atoms with E-state index in [4.69, 9.17) is 4.74 Å². The first-order valence-corrected chi connectivity index (χ1v) is 7.88. The highest BCUT2D eigenvalue weighted by atomic mass is 19.4. The van der Waals surface area contributed by atoms with Crippen LogP contribution in [0.4, 0.5) is 13.2 Å². The van der Waals surface area contributed by atoms with Crippen LogP contribution in [-0.2, 0) is 33.5 Å². The quantitative estimate of drug-likeness (QED) is 0.798. The molecule has 26 heavy (non-hydrogen) atoms. The second-order valence-corrected chi connectivity index (χ2v) is 5.74. The fourth-order valence-corrected chi connectivity index (χ4v) is 2.27. The van der Waals surface area contributed by atoms with Crippen LogP contribution in [0.25, 0.3) is 0 Å². The molecule has 0 saturated carbocycles. The number of carbonyl (C=O) groups excluding carboxylic acids is 2. The molecule has 0 aliphatic carbocycles. The minimum atomic E-state index is -4.48. The van der Waals surface area contributed by atoms with Gasteiger partial charge in [-0.3, -0.25) is 9.59 Å². The maximum atomic E-state index is 12.6. The number of esters is 1. The molecule has 0 atom stereocenters. The highest BCUT2D eigenvalue weighted by Gasteiger charge is 2.30. The Hall–Kier alpha value is -2.83. The Balaban J connectivity index is 1.80. The van der Waals surface area contributed by atoms with E-state index in [1.54, 1.807) is 0 Å². The summed E-state index contributed by atoms with van der Waals surface area (Å²) in [5.74, 6) is -1.25. The molecule has 0 saturated heterocycles. The smallest absolute Gasteiger partial charge is 0.416 e. The molecule has 0 spiro atoms. The van der Waals surface area contributed by atoms with E-state index in [1.165, 1.54) is 12.1 Å². The van der Waals surface area contributed by atoms with Gasteiger partial charge in [0.2, 0.25) is 0 Å². The van der Waals surface area contributed by atoms with E-state index in [0.29, 0.717) is 6.54 Å². The van der Waals surface area contributed by atoms with Crippen molar-refractivity contribution in [3.05, 3.63) is 70.8 Å². The standard InChI is InChI=1S/C19H18F3NO3/c1-13-5-2-3-7-15(13)11-23-17(24)12-26-18(25)10-14-6-4-8-16(9-14)19(20,21)22/h2-9H,10-12H2,1H3,(H,23,24). The minimum Gasteiger partial charge on any atom is -0.455 e. The molecule has 4 nitrogen and oxygen atoms in total. The first kappa shape index (κ1) is 19.5. The van der Waals surface area contributed by atoms with E-state index < -0.39 is 30.2 Å². The molecule has 0 aromatic heterocycles. The van der Waals surface area contributed by atoms with Crippen LogP contribution in [0, 0.1) is 6.92 Å². The van der Waals surface area contributed by atoms with Crippen LogP contribution < -0.4 is 5.32 Å². The summed E-state index contributed by atoms with van der Waals surface area (Å²) in [6, 6.07) is 12.0. The van der Waals surface area contributed by atoms with E-state index in [-0.39, 0.29) is 12.0 Å². The molecular weight excluding hydrogens is 347 g/mol. The van der Waals surface area contributed by atoms with Gasteiger partial charge in [-0.05, 0) is 29.7 Å². The number of alkyl halides is 3. The average Bonchev–Trinajstić information content (AvgIpc) is 2.59. The molecule has 2 aromatic rings. The van der Waals surface area contributed by atoms with Crippen molar-refractivity contribution in [3.63, 3.8) is 0 Å². The molecule has 2 rings (SSSR count). The molecule has 0 radical (unpaired) electrons. The van der Waals surface area contributed by atoms with Crippen LogP contribution in [-0.4, -0.2) is 18.5 Å². The van der Waals surface area contributed by atoms with Crippen LogP contribution in [0.5, 0.6) is 0 Å². The SMILES string of the molecule is Cc1ccccc1CNC(=O)COC(=O)Cc1cccc(C(F)(F)F)c1. The van der Waals surface area contributed by atoms with Crippen LogP contribution in [0.15, 0.2) is 48.5 Å². The Bertz CT molecular complexity index is 788. The predicted molar refractivity (Wildman–Crippen MR) is 89.1 cm³/mol. The summed E-state index contributed by atoms with van der Waals surface area (Å²) >= 11 is 0. The van der Waals surface area contributed by atoms with E-state index in [2.05, 4.69) is 5.32 Å². The van der Waals surface area contributed by atoms with Crippen molar-refractivity contribution >= 4 is 11.9 Å². The highest BCUT2D eigenvalue weighted by molar-refractivity contribution is 5.81. The number of ether oxygens (including phenoxy) is 1. The predicted octanol–water partition coefficient (Wildman–Crippen LogP) is 3.42. The van der Waals surface area contributed by atoms with Crippen LogP contribution >= 0.6 is 0 Å². The van der Waals surface area contributed by atoms with Crippen molar-refractivity contribution in [1.82, 2.24) is 5.32 Å². The van der Waals surface area contributed by atoms with Gasteiger partial charge in [-0.2, -0.15) is 13.2 Å². The monoisotopic (exact) mass is 365 g/mol. The lowest BCUT2D eigenvalue weighted by molar-refractivity contribution is -0.148. The molecule has 0 bridgehead atoms. The second kappa shape index (κ2) is 8.51. The molecule has 7 heteroatoms. The Kier molecular flexibility index (Phi) is 6.38. The Labute approximate surface area is 149 Å². The number of hydrogen-bond donors (Lipinski definition) is 1. The molecule has 1 amide bonds. The Morgan fingerprint density at radius 2 is 1.81 bits per heavy atom. The number of amides is 1. The first-order chi connectivity index (χ1) is 12.3. The number of hydrogen-bond acceptors (Lipinski definition) is 3. The van der Waals surface area contributed by atoms with Crippen molar-refractivity contribution < 1.29 is 27.5 Å². The van der Waals surface area contributed by atoms with Crippen molar-refractivity contribution in [2.24, 2.45) is 0 Å². The topological polar surface area (TPSA) is 55.4 Å². The zero-order valence-corrected chi connectivity index (χ0v) is 14.1. The number of carbonyl (C=O) groups is 2. The van der Waals surface area contributed by atoms with Crippen molar-refractivity contribution in [2.45, 2.75) is 26.1 Å². The third-order valence-electron chi connectivity index (χ3n) is 3.70. The van der Waals surface area contributed by atoms with Gasteiger partial charge < -0.3 is 10.1 Å². The van der Waals surface area contributed by atoms with Gasteiger partial charge in [-0.25, -0.2) is 0 Å². The van der Waals surface area contributed by atoms with E-state index in [1.807, 2.05) is 31.2 Å². The summed E-state index contributed by atoms with van der Waals surface area (Å²) < 4.78 is 42.7. The lowest BCUT2D eigenvalue weighted by Gasteiger charge is -2.10. The summed E-state index contributed by atoms with van der Waals surface area (Å²) in [6.45, 7) is 1.73. The Morgan fingerprint density at radius 1 is 1.08 bits per heavy atom. The second-order valence-electron chi connectivity index (χ2n) is 5.74. The van der Waals surface area contributed by atoms with E-state index in [9.17, 15) is 22.8 Å². The van der Waals surface area contributed by atoms with Crippen molar-refractivity contribution in [1.29, 1.82) is 0 Å². The molecular formula is C19H18F3NO3. The largest absolute Gasteiger partial charge is 0.455 e. The zero-order chi connectivity index (χ0) is 19.2. The highest BCUT2D eigenvalue weighted by Crippen LogP contribution is 2.29. The lowest BCUT2D eigenvalue weighted by atomic mass is 10.1. The lowest BCUT2D eigenvalue weighted by Crippen LogP contribution is -2.29. The number of nitrogens with one attached hydrogen (secondary N) is 1. The van der Waals surface area contributed by atoms with E-state index >= 15 is 0 Å². The van der Waals surface area contributed by atoms with Gasteiger partial charge >= 0.3 is 12.1 Å². The molecule has 1 N–H and O–H groups in total. The van der Waals surface area contributed by atoms with Crippen LogP contribution in [0.3, 0.4) is 0 Å². The van der Waals surface area contributed by atoms with Gasteiger partial charge in [0.1, 0.15) is 0 Å². The fraction of sp³-hybridized carbons (Fsp3) is 0.263. The third-order valence-corrected chi connectivity index (χ3v) is 3.70. The zero-order valence-electron chi connectivity index (χ0n) is 14.1. The van der Waals surface area contributed by atoms with Crippen molar-refractivity contribution in [2.75, 3.05) is 6.61 Å². The summed E-state index contributed by atoms with van der Waals surface area (Å²) in [5.41, 5.74) is 1.30. The average molecular weight is 365 g/mol. The number of aryl methyl sites for hydroxylation is 1. The summed E-state index contributed by atoms with van der Waals surface area (Å²) in [4.78, 5) is 23.5. The van der Waals surface area contributed by atoms with Crippen molar-refractivity contribution in [3.8, 4) is 0 Å². The van der Waals surface area contributed by atoms with Gasteiger partial charge in [0, 0.05) is 6.54 Å².